The molecule has 2 rings (SSSR count). The first kappa shape index (κ1) is 15.5. The van der Waals surface area contributed by atoms with E-state index in [9.17, 15) is 15.2 Å². The molecule has 21 heavy (non-hydrogen) atoms. The summed E-state index contributed by atoms with van der Waals surface area (Å²) in [6.07, 6.45) is 0.401. The number of amides is 1. The van der Waals surface area contributed by atoms with Gasteiger partial charge < -0.3 is 14.7 Å². The Kier molecular flexibility index (Phi) is 5.73. The average Bonchev–Trinajstić information content (AvgIpc) is 2.56. The first-order valence-electron chi connectivity index (χ1n) is 7.20. The zero-order valence-electron chi connectivity index (χ0n) is 11.9. The van der Waals surface area contributed by atoms with Crippen LogP contribution in [0.3, 0.4) is 0 Å². The van der Waals surface area contributed by atoms with Gasteiger partial charge in [0.1, 0.15) is 5.92 Å². The van der Waals surface area contributed by atoms with Gasteiger partial charge in [0.2, 0.25) is 5.91 Å². The maximum absolute atomic E-state index is 12.6. The van der Waals surface area contributed by atoms with Crippen molar-refractivity contribution >= 4 is 5.91 Å². The van der Waals surface area contributed by atoms with Gasteiger partial charge in [0.15, 0.2) is 0 Å². The van der Waals surface area contributed by atoms with Crippen LogP contribution >= 0.6 is 0 Å². The highest BCUT2D eigenvalue weighted by atomic mass is 16.5. The molecule has 1 saturated heterocycles. The van der Waals surface area contributed by atoms with Crippen molar-refractivity contribution in [1.29, 1.82) is 5.26 Å². The van der Waals surface area contributed by atoms with Gasteiger partial charge in [-0.3, -0.25) is 4.79 Å². The van der Waals surface area contributed by atoms with Crippen LogP contribution in [0.1, 0.15) is 17.9 Å². The molecule has 1 N–H and O–H groups in total. The van der Waals surface area contributed by atoms with Crippen LogP contribution in [0.25, 0.3) is 0 Å². The minimum atomic E-state index is -0.766. The van der Waals surface area contributed by atoms with E-state index in [-0.39, 0.29) is 18.4 Å². The van der Waals surface area contributed by atoms with E-state index in [1.165, 1.54) is 0 Å². The Labute approximate surface area is 124 Å². The van der Waals surface area contributed by atoms with Gasteiger partial charge in [-0.05, 0) is 12.0 Å². The Morgan fingerprint density at radius 3 is 2.57 bits per heavy atom. The number of nitrogens with zero attached hydrogens (tertiary/aromatic N) is 2. The van der Waals surface area contributed by atoms with Crippen LogP contribution in [0.5, 0.6) is 0 Å². The summed E-state index contributed by atoms with van der Waals surface area (Å²) in [4.78, 5) is 14.3. The molecular formula is C16H20N2O3. The van der Waals surface area contributed by atoms with Crippen molar-refractivity contribution in [2.45, 2.75) is 12.3 Å². The second kappa shape index (κ2) is 7.77. The van der Waals surface area contributed by atoms with E-state index in [1.807, 2.05) is 30.3 Å². The Balaban J connectivity index is 2.19. The third-order valence-corrected chi connectivity index (χ3v) is 3.80. The number of morpholine rings is 1. The molecule has 0 aromatic heterocycles. The van der Waals surface area contributed by atoms with E-state index >= 15 is 0 Å². The largest absolute Gasteiger partial charge is 0.396 e. The Hall–Kier alpha value is -1.90. The molecule has 0 bridgehead atoms. The molecule has 0 aliphatic carbocycles. The van der Waals surface area contributed by atoms with Gasteiger partial charge in [0.25, 0.3) is 0 Å². The Bertz CT molecular complexity index is 492. The van der Waals surface area contributed by atoms with E-state index in [4.69, 9.17) is 4.74 Å². The van der Waals surface area contributed by atoms with Crippen molar-refractivity contribution in [3.05, 3.63) is 35.9 Å². The van der Waals surface area contributed by atoms with E-state index in [2.05, 4.69) is 6.07 Å². The lowest BCUT2D eigenvalue weighted by molar-refractivity contribution is -0.138. The minimum Gasteiger partial charge on any atom is -0.396 e. The summed E-state index contributed by atoms with van der Waals surface area (Å²) in [6, 6.07) is 11.6. The van der Waals surface area contributed by atoms with Crippen LogP contribution in [0, 0.1) is 17.2 Å². The van der Waals surface area contributed by atoms with Gasteiger partial charge in [-0.25, -0.2) is 0 Å². The van der Waals surface area contributed by atoms with Crippen LogP contribution in [-0.2, 0) is 9.53 Å². The van der Waals surface area contributed by atoms with Gasteiger partial charge in [0, 0.05) is 25.6 Å². The summed E-state index contributed by atoms with van der Waals surface area (Å²) in [7, 11) is 0. The molecule has 0 spiro atoms. The fourth-order valence-corrected chi connectivity index (χ4v) is 2.66. The summed E-state index contributed by atoms with van der Waals surface area (Å²) >= 11 is 0. The Morgan fingerprint density at radius 1 is 1.33 bits per heavy atom. The molecule has 0 saturated carbocycles. The number of aliphatic hydroxyl groups is 1. The number of rotatable bonds is 5. The molecule has 1 aliphatic heterocycles. The quantitative estimate of drug-likeness (QED) is 0.882. The van der Waals surface area contributed by atoms with Crippen molar-refractivity contribution in [1.82, 2.24) is 4.90 Å². The number of aliphatic hydroxyl groups excluding tert-OH is 1. The number of hydrogen-bond acceptors (Lipinski definition) is 4. The van der Waals surface area contributed by atoms with Crippen molar-refractivity contribution in [2.24, 2.45) is 5.92 Å². The van der Waals surface area contributed by atoms with Crippen LogP contribution in [0.4, 0.5) is 0 Å². The number of nitriles is 1. The van der Waals surface area contributed by atoms with Crippen LogP contribution in [0.2, 0.25) is 0 Å². The summed E-state index contributed by atoms with van der Waals surface area (Å²) in [6.45, 7) is 2.03. The second-order valence-corrected chi connectivity index (χ2v) is 5.07. The van der Waals surface area contributed by atoms with Crippen LogP contribution < -0.4 is 0 Å². The van der Waals surface area contributed by atoms with E-state index in [0.29, 0.717) is 32.7 Å². The third kappa shape index (κ3) is 3.81. The molecule has 5 heteroatoms. The monoisotopic (exact) mass is 288 g/mol. The van der Waals surface area contributed by atoms with Crippen molar-refractivity contribution < 1.29 is 14.6 Å². The second-order valence-electron chi connectivity index (χ2n) is 5.07. The Morgan fingerprint density at radius 2 is 2.00 bits per heavy atom. The topological polar surface area (TPSA) is 73.6 Å². The zero-order chi connectivity index (χ0) is 15.1. The number of carbonyl (C=O) groups is 1. The SMILES string of the molecule is N#CC(C(=O)N1CCOCC1)C(CCO)c1ccccc1. The first-order valence-corrected chi connectivity index (χ1v) is 7.20. The molecule has 5 nitrogen and oxygen atoms in total. The summed E-state index contributed by atoms with van der Waals surface area (Å²) in [5.74, 6) is -1.21. The van der Waals surface area contributed by atoms with Gasteiger partial charge in [0.05, 0.1) is 19.3 Å². The summed E-state index contributed by atoms with van der Waals surface area (Å²) in [5, 5.41) is 18.8. The van der Waals surface area contributed by atoms with E-state index in [1.54, 1.807) is 4.90 Å². The number of carbonyl (C=O) groups excluding carboxylic acids is 1. The fourth-order valence-electron chi connectivity index (χ4n) is 2.66. The van der Waals surface area contributed by atoms with Crippen LogP contribution in [-0.4, -0.2) is 48.8 Å². The predicted molar refractivity (Wildman–Crippen MR) is 77.4 cm³/mol. The highest BCUT2D eigenvalue weighted by Crippen LogP contribution is 2.29. The average molecular weight is 288 g/mol. The molecule has 0 radical (unpaired) electrons. The lowest BCUT2D eigenvalue weighted by Crippen LogP contribution is -2.44. The first-order chi connectivity index (χ1) is 10.3. The molecule has 112 valence electrons. The van der Waals surface area contributed by atoms with Crippen LogP contribution in [0.15, 0.2) is 30.3 Å². The molecular weight excluding hydrogens is 268 g/mol. The van der Waals surface area contributed by atoms with E-state index < -0.39 is 5.92 Å². The predicted octanol–water partition coefficient (Wildman–Crippen LogP) is 1.15. The van der Waals surface area contributed by atoms with Crippen molar-refractivity contribution in [3.63, 3.8) is 0 Å². The van der Waals surface area contributed by atoms with Gasteiger partial charge in [-0.2, -0.15) is 5.26 Å². The molecule has 1 fully saturated rings. The molecule has 1 heterocycles. The molecule has 1 aliphatic rings. The molecule has 2 atom stereocenters. The molecule has 1 aromatic carbocycles. The lowest BCUT2D eigenvalue weighted by Gasteiger charge is -2.31. The molecule has 1 aromatic rings. The highest BCUT2D eigenvalue weighted by Gasteiger charge is 2.33. The van der Waals surface area contributed by atoms with Crippen molar-refractivity contribution in [2.75, 3.05) is 32.9 Å². The number of ether oxygens (including phenoxy) is 1. The lowest BCUT2D eigenvalue weighted by atomic mass is 9.83. The minimum absolute atomic E-state index is 0.0475. The number of hydrogen-bond donors (Lipinski definition) is 1. The zero-order valence-corrected chi connectivity index (χ0v) is 11.9. The van der Waals surface area contributed by atoms with Gasteiger partial charge in [-0.1, -0.05) is 30.3 Å². The van der Waals surface area contributed by atoms with Crippen molar-refractivity contribution in [3.8, 4) is 6.07 Å². The molecule has 2 unspecified atom stereocenters. The molecule has 1 amide bonds. The maximum Gasteiger partial charge on any atom is 0.240 e. The third-order valence-electron chi connectivity index (χ3n) is 3.80. The van der Waals surface area contributed by atoms with Gasteiger partial charge in [-0.15, -0.1) is 0 Å². The smallest absolute Gasteiger partial charge is 0.240 e. The fraction of sp³-hybridized carbons (Fsp3) is 0.500. The summed E-state index contributed by atoms with van der Waals surface area (Å²) in [5.41, 5.74) is 0.916. The normalized spacial score (nSPS) is 17.8. The van der Waals surface area contributed by atoms with Gasteiger partial charge >= 0.3 is 0 Å². The van der Waals surface area contributed by atoms with E-state index in [0.717, 1.165) is 5.56 Å². The number of benzene rings is 1. The standard InChI is InChI=1S/C16H20N2O3/c17-12-15(16(20)18-7-10-21-11-8-18)14(6-9-19)13-4-2-1-3-5-13/h1-5,14-15,19H,6-11H2. The maximum atomic E-state index is 12.6. The summed E-state index contributed by atoms with van der Waals surface area (Å²) < 4.78 is 5.24. The highest BCUT2D eigenvalue weighted by molar-refractivity contribution is 5.82.